The first-order valence-electron chi connectivity index (χ1n) is 7.08. The number of rotatable bonds is 3. The molecule has 2 heterocycles. The van der Waals surface area contributed by atoms with Gasteiger partial charge in [-0.3, -0.25) is 4.79 Å². The van der Waals surface area contributed by atoms with Crippen LogP contribution in [0.2, 0.25) is 0 Å². The van der Waals surface area contributed by atoms with Crippen molar-refractivity contribution < 1.29 is 9.32 Å². The molecule has 0 N–H and O–H groups in total. The first-order chi connectivity index (χ1) is 9.78. The summed E-state index contributed by atoms with van der Waals surface area (Å²) in [5.41, 5.74) is 3.06. The summed E-state index contributed by atoms with van der Waals surface area (Å²) >= 11 is 0. The number of fused-ring (bicyclic) bond motifs is 1. The molecule has 0 bridgehead atoms. The van der Waals surface area contributed by atoms with Gasteiger partial charge in [0, 0.05) is 24.1 Å². The van der Waals surface area contributed by atoms with E-state index in [1.54, 1.807) is 6.20 Å². The van der Waals surface area contributed by atoms with Crippen LogP contribution in [-0.4, -0.2) is 22.5 Å². The van der Waals surface area contributed by atoms with Crippen molar-refractivity contribution in [2.75, 3.05) is 6.54 Å². The van der Waals surface area contributed by atoms with Gasteiger partial charge in [0.2, 0.25) is 0 Å². The SMILES string of the molecule is CCCc1ccc(C(=O)N2CCc3oncc3C2)cc1. The number of benzene rings is 1. The lowest BCUT2D eigenvalue weighted by molar-refractivity contribution is 0.0729. The van der Waals surface area contributed by atoms with E-state index in [0.29, 0.717) is 13.1 Å². The van der Waals surface area contributed by atoms with Crippen molar-refractivity contribution in [2.24, 2.45) is 0 Å². The third-order valence-corrected chi connectivity index (χ3v) is 3.73. The third kappa shape index (κ3) is 2.46. The highest BCUT2D eigenvalue weighted by atomic mass is 16.5. The average molecular weight is 270 g/mol. The minimum Gasteiger partial charge on any atom is -0.361 e. The van der Waals surface area contributed by atoms with Gasteiger partial charge in [-0.15, -0.1) is 0 Å². The fourth-order valence-electron chi connectivity index (χ4n) is 2.60. The van der Waals surface area contributed by atoms with Gasteiger partial charge in [-0.2, -0.15) is 0 Å². The molecule has 0 aliphatic carbocycles. The van der Waals surface area contributed by atoms with Crippen molar-refractivity contribution in [2.45, 2.75) is 32.7 Å². The van der Waals surface area contributed by atoms with Crippen LogP contribution in [0, 0.1) is 0 Å². The van der Waals surface area contributed by atoms with Crippen LogP contribution in [0.25, 0.3) is 0 Å². The smallest absolute Gasteiger partial charge is 0.254 e. The van der Waals surface area contributed by atoms with Crippen molar-refractivity contribution >= 4 is 5.91 Å². The van der Waals surface area contributed by atoms with Gasteiger partial charge < -0.3 is 9.42 Å². The Balaban J connectivity index is 1.73. The summed E-state index contributed by atoms with van der Waals surface area (Å²) in [5, 5.41) is 3.79. The van der Waals surface area contributed by atoms with E-state index < -0.39 is 0 Å². The number of carbonyl (C=O) groups excluding carboxylic acids is 1. The van der Waals surface area contributed by atoms with Gasteiger partial charge in [-0.25, -0.2) is 0 Å². The van der Waals surface area contributed by atoms with E-state index in [9.17, 15) is 4.79 Å². The molecule has 0 radical (unpaired) electrons. The quantitative estimate of drug-likeness (QED) is 0.861. The number of hydrogen-bond donors (Lipinski definition) is 0. The highest BCUT2D eigenvalue weighted by Gasteiger charge is 2.24. The summed E-state index contributed by atoms with van der Waals surface area (Å²) in [5.74, 6) is 0.993. The molecule has 0 unspecified atom stereocenters. The first-order valence-corrected chi connectivity index (χ1v) is 7.08. The number of nitrogens with zero attached hydrogens (tertiary/aromatic N) is 2. The maximum atomic E-state index is 12.5. The van der Waals surface area contributed by atoms with Crippen LogP contribution < -0.4 is 0 Å². The fourth-order valence-corrected chi connectivity index (χ4v) is 2.60. The van der Waals surface area contributed by atoms with Crippen LogP contribution in [0.1, 0.15) is 40.6 Å². The second kappa shape index (κ2) is 5.49. The molecule has 1 aromatic carbocycles. The molecule has 4 heteroatoms. The molecule has 2 aromatic rings. The second-order valence-electron chi connectivity index (χ2n) is 5.20. The van der Waals surface area contributed by atoms with Crippen molar-refractivity contribution in [1.29, 1.82) is 0 Å². The van der Waals surface area contributed by atoms with Crippen LogP contribution in [0.5, 0.6) is 0 Å². The molecule has 0 spiro atoms. The number of aryl methyl sites for hydroxylation is 1. The summed E-state index contributed by atoms with van der Waals surface area (Å²) in [7, 11) is 0. The zero-order valence-electron chi connectivity index (χ0n) is 11.6. The summed E-state index contributed by atoms with van der Waals surface area (Å²) in [6.45, 7) is 3.44. The highest BCUT2D eigenvalue weighted by molar-refractivity contribution is 5.94. The molecule has 3 rings (SSSR count). The Hall–Kier alpha value is -2.10. The normalized spacial score (nSPS) is 14.2. The lowest BCUT2D eigenvalue weighted by atomic mass is 10.1. The summed E-state index contributed by atoms with van der Waals surface area (Å²) in [6, 6.07) is 7.95. The zero-order chi connectivity index (χ0) is 13.9. The predicted octanol–water partition coefficient (Wildman–Crippen LogP) is 2.83. The fraction of sp³-hybridized carbons (Fsp3) is 0.375. The highest BCUT2D eigenvalue weighted by Crippen LogP contribution is 2.20. The number of hydrogen-bond acceptors (Lipinski definition) is 3. The van der Waals surface area contributed by atoms with Crippen LogP contribution >= 0.6 is 0 Å². The van der Waals surface area contributed by atoms with E-state index in [4.69, 9.17) is 4.52 Å². The maximum Gasteiger partial charge on any atom is 0.254 e. The molecule has 20 heavy (non-hydrogen) atoms. The zero-order valence-corrected chi connectivity index (χ0v) is 11.6. The summed E-state index contributed by atoms with van der Waals surface area (Å²) < 4.78 is 5.14. The molecule has 4 nitrogen and oxygen atoms in total. The molecular formula is C16H18N2O2. The second-order valence-corrected chi connectivity index (χ2v) is 5.20. The summed E-state index contributed by atoms with van der Waals surface area (Å²) in [4.78, 5) is 14.3. The first kappa shape index (κ1) is 12.9. The Bertz CT molecular complexity index is 601. The minimum atomic E-state index is 0.0832. The largest absolute Gasteiger partial charge is 0.361 e. The standard InChI is InChI=1S/C16H18N2O2/c1-2-3-12-4-6-13(7-5-12)16(19)18-9-8-15-14(11-18)10-17-20-15/h4-7,10H,2-3,8-9,11H2,1H3. The molecular weight excluding hydrogens is 252 g/mol. The van der Waals surface area contributed by atoms with Crippen LogP contribution in [0.15, 0.2) is 35.0 Å². The van der Waals surface area contributed by atoms with Crippen LogP contribution in [0.4, 0.5) is 0 Å². The Kier molecular flexibility index (Phi) is 3.54. The lowest BCUT2D eigenvalue weighted by Gasteiger charge is -2.25. The Labute approximate surface area is 118 Å². The molecule has 1 aliphatic rings. The number of carbonyl (C=O) groups is 1. The molecule has 0 fully saturated rings. The molecule has 1 aromatic heterocycles. The molecule has 1 amide bonds. The van der Waals surface area contributed by atoms with E-state index in [-0.39, 0.29) is 5.91 Å². The monoisotopic (exact) mass is 270 g/mol. The average Bonchev–Trinajstić information content (AvgIpc) is 2.95. The maximum absolute atomic E-state index is 12.5. The third-order valence-electron chi connectivity index (χ3n) is 3.73. The summed E-state index contributed by atoms with van der Waals surface area (Å²) in [6.07, 6.45) is 4.63. The van der Waals surface area contributed by atoms with Crippen molar-refractivity contribution in [3.63, 3.8) is 0 Å². The Morgan fingerprint density at radius 3 is 2.90 bits per heavy atom. The van der Waals surface area contributed by atoms with Gasteiger partial charge in [-0.05, 0) is 24.1 Å². The Morgan fingerprint density at radius 1 is 1.35 bits per heavy atom. The molecule has 0 atom stereocenters. The van der Waals surface area contributed by atoms with Gasteiger partial charge >= 0.3 is 0 Å². The topological polar surface area (TPSA) is 46.3 Å². The van der Waals surface area contributed by atoms with Crippen molar-refractivity contribution in [3.05, 3.63) is 52.9 Å². The van der Waals surface area contributed by atoms with E-state index in [2.05, 4.69) is 12.1 Å². The van der Waals surface area contributed by atoms with Gasteiger partial charge in [-0.1, -0.05) is 30.6 Å². The van der Waals surface area contributed by atoms with Gasteiger partial charge in [0.15, 0.2) is 0 Å². The molecule has 0 saturated carbocycles. The van der Waals surface area contributed by atoms with Gasteiger partial charge in [0.1, 0.15) is 5.76 Å². The predicted molar refractivity (Wildman–Crippen MR) is 75.4 cm³/mol. The minimum absolute atomic E-state index is 0.0832. The van der Waals surface area contributed by atoms with E-state index in [1.165, 1.54) is 5.56 Å². The van der Waals surface area contributed by atoms with Crippen LogP contribution in [-0.2, 0) is 19.4 Å². The molecule has 1 aliphatic heterocycles. The van der Waals surface area contributed by atoms with Gasteiger partial charge in [0.05, 0.1) is 12.7 Å². The molecule has 0 saturated heterocycles. The van der Waals surface area contributed by atoms with Crippen molar-refractivity contribution in [3.8, 4) is 0 Å². The number of amides is 1. The van der Waals surface area contributed by atoms with Gasteiger partial charge in [0.25, 0.3) is 5.91 Å². The lowest BCUT2D eigenvalue weighted by Crippen LogP contribution is -2.35. The molecule has 104 valence electrons. The van der Waals surface area contributed by atoms with Crippen molar-refractivity contribution in [1.82, 2.24) is 10.1 Å². The van der Waals surface area contributed by atoms with E-state index >= 15 is 0 Å². The number of aromatic nitrogens is 1. The van der Waals surface area contributed by atoms with Crippen LogP contribution in [0.3, 0.4) is 0 Å². The van der Waals surface area contributed by atoms with E-state index in [0.717, 1.165) is 36.1 Å². The van der Waals surface area contributed by atoms with E-state index in [1.807, 2.05) is 29.2 Å². The Morgan fingerprint density at radius 2 is 2.15 bits per heavy atom.